The van der Waals surface area contributed by atoms with Crippen LogP contribution in [0.5, 0.6) is 11.5 Å². The molecule has 0 spiro atoms. The summed E-state index contributed by atoms with van der Waals surface area (Å²) in [6, 6.07) is 15.1. The summed E-state index contributed by atoms with van der Waals surface area (Å²) in [5.41, 5.74) is 1.99. The van der Waals surface area contributed by atoms with Gasteiger partial charge in [0.1, 0.15) is 24.7 Å². The van der Waals surface area contributed by atoms with Gasteiger partial charge in [-0.05, 0) is 48.4 Å². The van der Waals surface area contributed by atoms with E-state index in [9.17, 15) is 0 Å². The quantitative estimate of drug-likeness (QED) is 0.752. The van der Waals surface area contributed by atoms with Crippen molar-refractivity contribution < 1.29 is 9.47 Å². The van der Waals surface area contributed by atoms with Crippen LogP contribution < -0.4 is 9.47 Å². The molecule has 0 aliphatic heterocycles. The normalized spacial score (nSPS) is 9.95. The van der Waals surface area contributed by atoms with E-state index in [1.165, 1.54) is 0 Å². The molecule has 108 valence electrons. The van der Waals surface area contributed by atoms with Crippen molar-refractivity contribution in [2.75, 3.05) is 13.2 Å². The lowest BCUT2D eigenvalue weighted by Gasteiger charge is -2.10. The molecule has 2 aromatic carbocycles. The minimum atomic E-state index is 0.416. The van der Waals surface area contributed by atoms with Crippen molar-refractivity contribution in [3.63, 3.8) is 0 Å². The van der Waals surface area contributed by atoms with Gasteiger partial charge in [-0.3, -0.25) is 0 Å². The number of aryl methyl sites for hydroxylation is 1. The second kappa shape index (κ2) is 7.56. The van der Waals surface area contributed by atoms with Crippen LogP contribution in [0.25, 0.3) is 0 Å². The Morgan fingerprint density at radius 2 is 1.76 bits per heavy atom. The molecule has 0 heterocycles. The molecule has 0 fully saturated rings. The third-order valence-electron chi connectivity index (χ3n) is 2.95. The second-order valence-electron chi connectivity index (χ2n) is 4.59. The minimum Gasteiger partial charge on any atom is -0.490 e. The number of hydrogen-bond acceptors (Lipinski definition) is 3. The van der Waals surface area contributed by atoms with Crippen molar-refractivity contribution in [3.05, 3.63) is 58.6 Å². The molecule has 3 nitrogen and oxygen atoms in total. The Morgan fingerprint density at radius 3 is 2.43 bits per heavy atom. The van der Waals surface area contributed by atoms with Crippen LogP contribution in [0.1, 0.15) is 11.1 Å². The molecule has 0 N–H and O–H groups in total. The van der Waals surface area contributed by atoms with E-state index in [0.29, 0.717) is 24.7 Å². The van der Waals surface area contributed by atoms with Gasteiger partial charge in [0, 0.05) is 5.02 Å². The van der Waals surface area contributed by atoms with Gasteiger partial charge in [0.25, 0.3) is 0 Å². The highest BCUT2D eigenvalue weighted by atomic mass is 35.5. The van der Waals surface area contributed by atoms with Crippen molar-refractivity contribution in [2.24, 2.45) is 0 Å². The number of halogens is 1. The highest BCUT2D eigenvalue weighted by Gasteiger charge is 2.01. The Morgan fingerprint density at radius 1 is 1.05 bits per heavy atom. The van der Waals surface area contributed by atoms with Crippen LogP contribution in [0.4, 0.5) is 0 Å². The van der Waals surface area contributed by atoms with E-state index in [2.05, 4.69) is 6.07 Å². The van der Waals surface area contributed by atoms with Gasteiger partial charge in [-0.2, -0.15) is 5.26 Å². The molecule has 2 aromatic rings. The van der Waals surface area contributed by atoms with E-state index >= 15 is 0 Å². The van der Waals surface area contributed by atoms with E-state index in [1.54, 1.807) is 6.07 Å². The fourth-order valence-corrected chi connectivity index (χ4v) is 2.11. The standard InChI is InChI=1S/C17H16ClNO2/c1-13-12-15(18)4-7-17(13)21-11-10-20-16-5-2-14(3-6-16)8-9-19/h2-7,12H,8,10-11H2,1H3. The first-order valence-corrected chi connectivity index (χ1v) is 7.04. The molecule has 0 saturated heterocycles. The fraction of sp³-hybridized carbons (Fsp3) is 0.235. The van der Waals surface area contributed by atoms with Crippen LogP contribution in [0.3, 0.4) is 0 Å². The van der Waals surface area contributed by atoms with Crippen molar-refractivity contribution >= 4 is 11.6 Å². The first kappa shape index (κ1) is 15.2. The summed E-state index contributed by atoms with van der Waals surface area (Å²) in [6.45, 7) is 2.87. The van der Waals surface area contributed by atoms with Crippen molar-refractivity contribution in [1.82, 2.24) is 0 Å². The molecular weight excluding hydrogens is 286 g/mol. The zero-order valence-corrected chi connectivity index (χ0v) is 12.6. The van der Waals surface area contributed by atoms with Gasteiger partial charge in [0.2, 0.25) is 0 Å². The summed E-state index contributed by atoms with van der Waals surface area (Å²) in [7, 11) is 0. The maximum Gasteiger partial charge on any atom is 0.122 e. The molecule has 21 heavy (non-hydrogen) atoms. The summed E-state index contributed by atoms with van der Waals surface area (Å²) >= 11 is 5.89. The summed E-state index contributed by atoms with van der Waals surface area (Å²) < 4.78 is 11.2. The molecule has 0 aliphatic rings. The van der Waals surface area contributed by atoms with Crippen LogP contribution in [-0.4, -0.2) is 13.2 Å². The van der Waals surface area contributed by atoms with E-state index in [0.717, 1.165) is 22.6 Å². The molecule has 0 aliphatic carbocycles. The van der Waals surface area contributed by atoms with E-state index in [1.807, 2.05) is 43.3 Å². The lowest BCUT2D eigenvalue weighted by atomic mass is 10.2. The zero-order chi connectivity index (χ0) is 15.1. The molecule has 0 amide bonds. The SMILES string of the molecule is Cc1cc(Cl)ccc1OCCOc1ccc(CC#N)cc1. The average Bonchev–Trinajstić information content (AvgIpc) is 2.47. The van der Waals surface area contributed by atoms with Crippen molar-refractivity contribution in [3.8, 4) is 17.6 Å². The predicted molar refractivity (Wildman–Crippen MR) is 82.9 cm³/mol. The summed E-state index contributed by atoms with van der Waals surface area (Å²) in [4.78, 5) is 0. The van der Waals surface area contributed by atoms with Crippen LogP contribution in [-0.2, 0) is 6.42 Å². The number of hydrogen-bond donors (Lipinski definition) is 0. The second-order valence-corrected chi connectivity index (χ2v) is 5.02. The molecular formula is C17H16ClNO2. The fourth-order valence-electron chi connectivity index (χ4n) is 1.88. The lowest BCUT2D eigenvalue weighted by molar-refractivity contribution is 0.216. The highest BCUT2D eigenvalue weighted by Crippen LogP contribution is 2.21. The van der Waals surface area contributed by atoms with Crippen LogP contribution in [0.15, 0.2) is 42.5 Å². The van der Waals surface area contributed by atoms with Crippen LogP contribution >= 0.6 is 11.6 Å². The summed E-state index contributed by atoms with van der Waals surface area (Å²) in [5, 5.41) is 9.31. The molecule has 0 bridgehead atoms. The predicted octanol–water partition coefficient (Wildman–Crippen LogP) is 4.17. The molecule has 0 radical (unpaired) electrons. The van der Waals surface area contributed by atoms with Crippen LogP contribution in [0.2, 0.25) is 5.02 Å². The van der Waals surface area contributed by atoms with Gasteiger partial charge >= 0.3 is 0 Å². The van der Waals surface area contributed by atoms with E-state index in [4.69, 9.17) is 26.3 Å². The molecule has 0 aromatic heterocycles. The molecule has 0 atom stereocenters. The number of ether oxygens (including phenoxy) is 2. The lowest BCUT2D eigenvalue weighted by Crippen LogP contribution is -2.09. The number of nitrogens with zero attached hydrogens (tertiary/aromatic N) is 1. The Bertz CT molecular complexity index is 632. The Labute approximate surface area is 129 Å². The number of benzene rings is 2. The van der Waals surface area contributed by atoms with Gasteiger partial charge in [0.05, 0.1) is 12.5 Å². The maximum atomic E-state index is 8.60. The molecule has 4 heteroatoms. The van der Waals surface area contributed by atoms with Crippen molar-refractivity contribution in [1.29, 1.82) is 5.26 Å². The monoisotopic (exact) mass is 301 g/mol. The third-order valence-corrected chi connectivity index (χ3v) is 3.19. The van der Waals surface area contributed by atoms with Crippen molar-refractivity contribution in [2.45, 2.75) is 13.3 Å². The molecule has 0 unspecified atom stereocenters. The maximum absolute atomic E-state index is 8.60. The first-order valence-electron chi connectivity index (χ1n) is 6.66. The highest BCUT2D eigenvalue weighted by molar-refractivity contribution is 6.30. The number of nitriles is 1. The van der Waals surface area contributed by atoms with E-state index in [-0.39, 0.29) is 0 Å². The van der Waals surface area contributed by atoms with Gasteiger partial charge in [0.15, 0.2) is 0 Å². The van der Waals surface area contributed by atoms with Gasteiger partial charge < -0.3 is 9.47 Å². The van der Waals surface area contributed by atoms with Gasteiger partial charge in [-0.25, -0.2) is 0 Å². The molecule has 2 rings (SSSR count). The zero-order valence-electron chi connectivity index (χ0n) is 11.8. The summed E-state index contributed by atoms with van der Waals surface area (Å²) in [5.74, 6) is 1.58. The number of rotatable bonds is 6. The topological polar surface area (TPSA) is 42.2 Å². The largest absolute Gasteiger partial charge is 0.490 e. The van der Waals surface area contributed by atoms with Crippen LogP contribution in [0, 0.1) is 18.3 Å². The summed E-state index contributed by atoms with van der Waals surface area (Å²) in [6.07, 6.45) is 0.416. The Hall–Kier alpha value is -2.18. The Kier molecular flexibility index (Phi) is 5.48. The first-order chi connectivity index (χ1) is 10.2. The van der Waals surface area contributed by atoms with Gasteiger partial charge in [-0.1, -0.05) is 23.7 Å². The third kappa shape index (κ3) is 4.70. The van der Waals surface area contributed by atoms with Gasteiger partial charge in [-0.15, -0.1) is 0 Å². The molecule has 0 saturated carbocycles. The Balaban J connectivity index is 1.78. The minimum absolute atomic E-state index is 0.416. The van der Waals surface area contributed by atoms with E-state index < -0.39 is 0 Å². The average molecular weight is 302 g/mol. The smallest absolute Gasteiger partial charge is 0.122 e.